The molecule has 0 aliphatic heterocycles. The van der Waals surface area contributed by atoms with E-state index in [1.165, 1.54) is 0 Å². The zero-order chi connectivity index (χ0) is 13.7. The van der Waals surface area contributed by atoms with Crippen LogP contribution < -0.4 is 5.32 Å². The summed E-state index contributed by atoms with van der Waals surface area (Å²) < 4.78 is 38.8. The Bertz CT molecular complexity index is 497. The molecule has 1 unspecified atom stereocenters. The highest BCUT2D eigenvalue weighted by atomic mass is 19.2. The lowest BCUT2D eigenvalue weighted by Crippen LogP contribution is -2.22. The predicted octanol–water partition coefficient (Wildman–Crippen LogP) is 2.98. The summed E-state index contributed by atoms with van der Waals surface area (Å²) in [4.78, 5) is 11.6. The smallest absolute Gasteiger partial charge is 0.241 e. The largest absolute Gasteiger partial charge is 0.322 e. The summed E-state index contributed by atoms with van der Waals surface area (Å²) in [6, 6.07) is 3.38. The van der Waals surface area contributed by atoms with Gasteiger partial charge in [0.05, 0.1) is 11.8 Å². The monoisotopic (exact) mass is 256 g/mol. The van der Waals surface area contributed by atoms with Gasteiger partial charge in [0, 0.05) is 0 Å². The van der Waals surface area contributed by atoms with Crippen LogP contribution in [0, 0.1) is 34.7 Å². The third kappa shape index (κ3) is 3.00. The van der Waals surface area contributed by atoms with Crippen LogP contribution >= 0.6 is 0 Å². The van der Waals surface area contributed by atoms with Crippen molar-refractivity contribution >= 4 is 11.6 Å². The Hall–Kier alpha value is -2.03. The van der Waals surface area contributed by atoms with E-state index in [0.717, 1.165) is 6.07 Å². The summed E-state index contributed by atoms with van der Waals surface area (Å²) in [5.41, 5.74) is -0.477. The van der Waals surface area contributed by atoms with E-state index in [1.54, 1.807) is 13.0 Å². The molecule has 0 saturated carbocycles. The molecule has 0 bridgehead atoms. The van der Waals surface area contributed by atoms with Gasteiger partial charge in [-0.25, -0.2) is 13.2 Å². The molecule has 1 rings (SSSR count). The average molecular weight is 256 g/mol. The van der Waals surface area contributed by atoms with Crippen molar-refractivity contribution in [2.45, 2.75) is 19.8 Å². The number of carbonyl (C=O) groups is 1. The van der Waals surface area contributed by atoms with Gasteiger partial charge in [0.2, 0.25) is 5.91 Å². The average Bonchev–Trinajstić information content (AvgIpc) is 2.36. The van der Waals surface area contributed by atoms with Crippen molar-refractivity contribution in [3.8, 4) is 6.07 Å². The topological polar surface area (TPSA) is 52.9 Å². The number of hydrogen-bond donors (Lipinski definition) is 1. The third-order valence-corrected chi connectivity index (χ3v) is 2.34. The molecule has 96 valence electrons. The summed E-state index contributed by atoms with van der Waals surface area (Å²) in [6.45, 7) is 1.79. The Labute approximate surface area is 102 Å². The molecule has 18 heavy (non-hydrogen) atoms. The first kappa shape index (κ1) is 14.0. The van der Waals surface area contributed by atoms with Crippen molar-refractivity contribution in [1.29, 1.82) is 5.26 Å². The molecule has 0 aliphatic carbocycles. The Morgan fingerprint density at radius 3 is 2.61 bits per heavy atom. The van der Waals surface area contributed by atoms with Crippen LogP contribution in [0.25, 0.3) is 0 Å². The van der Waals surface area contributed by atoms with E-state index >= 15 is 0 Å². The Kier molecular flexibility index (Phi) is 4.72. The zero-order valence-corrected chi connectivity index (χ0v) is 9.64. The van der Waals surface area contributed by atoms with E-state index in [4.69, 9.17) is 5.26 Å². The summed E-state index contributed by atoms with van der Waals surface area (Å²) >= 11 is 0. The fourth-order valence-corrected chi connectivity index (χ4v) is 1.39. The molecule has 0 saturated heterocycles. The maximum atomic E-state index is 13.3. The quantitative estimate of drug-likeness (QED) is 0.842. The number of hydrogen-bond acceptors (Lipinski definition) is 2. The zero-order valence-electron chi connectivity index (χ0n) is 9.64. The minimum atomic E-state index is -1.66. The van der Waals surface area contributed by atoms with Crippen molar-refractivity contribution in [2.75, 3.05) is 5.32 Å². The Morgan fingerprint density at radius 1 is 1.39 bits per heavy atom. The molecule has 0 fully saturated rings. The minimum Gasteiger partial charge on any atom is -0.322 e. The first-order chi connectivity index (χ1) is 8.51. The number of nitrogens with zero attached hydrogens (tertiary/aromatic N) is 1. The van der Waals surface area contributed by atoms with Crippen LogP contribution in [0.15, 0.2) is 12.1 Å². The van der Waals surface area contributed by atoms with E-state index < -0.39 is 35.0 Å². The van der Waals surface area contributed by atoms with E-state index in [1.807, 2.05) is 0 Å². The highest BCUT2D eigenvalue weighted by Crippen LogP contribution is 2.20. The van der Waals surface area contributed by atoms with Gasteiger partial charge in [-0.15, -0.1) is 0 Å². The molecule has 1 atom stereocenters. The van der Waals surface area contributed by atoms with Gasteiger partial charge in [0.1, 0.15) is 5.92 Å². The number of benzene rings is 1. The number of halogens is 3. The van der Waals surface area contributed by atoms with Crippen molar-refractivity contribution in [3.05, 3.63) is 29.6 Å². The summed E-state index contributed by atoms with van der Waals surface area (Å²) in [5, 5.41) is 10.8. The van der Waals surface area contributed by atoms with E-state index in [9.17, 15) is 18.0 Å². The van der Waals surface area contributed by atoms with E-state index in [0.29, 0.717) is 18.9 Å². The van der Waals surface area contributed by atoms with Crippen LogP contribution in [0.2, 0.25) is 0 Å². The highest BCUT2D eigenvalue weighted by Gasteiger charge is 2.20. The molecule has 0 aliphatic rings. The number of anilines is 1. The number of carbonyl (C=O) groups excluding carboxylic acids is 1. The summed E-state index contributed by atoms with van der Waals surface area (Å²) in [7, 11) is 0. The summed E-state index contributed by atoms with van der Waals surface area (Å²) in [5.74, 6) is -6.14. The molecule has 6 heteroatoms. The van der Waals surface area contributed by atoms with Gasteiger partial charge in [-0.1, -0.05) is 13.3 Å². The third-order valence-electron chi connectivity index (χ3n) is 2.34. The highest BCUT2D eigenvalue weighted by molar-refractivity contribution is 5.94. The standard InChI is InChI=1S/C12H11F3N2O/c1-2-3-7(6-16)12(18)17-9-5-4-8(13)10(14)11(9)15/h4-5,7H,2-3H2,1H3,(H,17,18). The van der Waals surface area contributed by atoms with Crippen molar-refractivity contribution in [2.24, 2.45) is 5.92 Å². The molecule has 1 aromatic carbocycles. The Morgan fingerprint density at radius 2 is 2.06 bits per heavy atom. The fraction of sp³-hybridized carbons (Fsp3) is 0.333. The number of rotatable bonds is 4. The molecular weight excluding hydrogens is 245 g/mol. The minimum absolute atomic E-state index is 0.313. The summed E-state index contributed by atoms with van der Waals surface area (Å²) in [6.07, 6.45) is 0.916. The van der Waals surface area contributed by atoms with Crippen LogP contribution in [-0.2, 0) is 4.79 Å². The predicted molar refractivity (Wildman–Crippen MR) is 59.0 cm³/mol. The SMILES string of the molecule is CCCC(C#N)C(=O)Nc1ccc(F)c(F)c1F. The lowest BCUT2D eigenvalue weighted by molar-refractivity contribution is -0.118. The second-order valence-corrected chi connectivity index (χ2v) is 3.68. The van der Waals surface area contributed by atoms with Gasteiger partial charge in [0.25, 0.3) is 0 Å². The molecule has 0 radical (unpaired) electrons. The first-order valence-corrected chi connectivity index (χ1v) is 5.35. The maximum absolute atomic E-state index is 13.3. The molecule has 0 heterocycles. The van der Waals surface area contributed by atoms with Crippen LogP contribution in [0.5, 0.6) is 0 Å². The van der Waals surface area contributed by atoms with Gasteiger partial charge in [0.15, 0.2) is 17.5 Å². The lowest BCUT2D eigenvalue weighted by atomic mass is 10.0. The van der Waals surface area contributed by atoms with Gasteiger partial charge in [-0.2, -0.15) is 5.26 Å². The lowest BCUT2D eigenvalue weighted by Gasteiger charge is -2.10. The molecule has 0 spiro atoms. The maximum Gasteiger partial charge on any atom is 0.241 e. The first-order valence-electron chi connectivity index (χ1n) is 5.35. The molecule has 0 aromatic heterocycles. The fourth-order valence-electron chi connectivity index (χ4n) is 1.39. The molecular formula is C12H11F3N2O. The van der Waals surface area contributed by atoms with Crippen molar-refractivity contribution < 1.29 is 18.0 Å². The second kappa shape index (κ2) is 6.05. The van der Waals surface area contributed by atoms with E-state index in [2.05, 4.69) is 5.32 Å². The van der Waals surface area contributed by atoms with Crippen LogP contribution in [-0.4, -0.2) is 5.91 Å². The molecule has 3 nitrogen and oxygen atoms in total. The van der Waals surface area contributed by atoms with Crippen LogP contribution in [0.3, 0.4) is 0 Å². The van der Waals surface area contributed by atoms with Gasteiger partial charge < -0.3 is 5.32 Å². The van der Waals surface area contributed by atoms with Crippen molar-refractivity contribution in [1.82, 2.24) is 0 Å². The van der Waals surface area contributed by atoms with Crippen molar-refractivity contribution in [3.63, 3.8) is 0 Å². The van der Waals surface area contributed by atoms with Gasteiger partial charge in [-0.05, 0) is 18.6 Å². The molecule has 1 aromatic rings. The van der Waals surface area contributed by atoms with Crippen LogP contribution in [0.1, 0.15) is 19.8 Å². The Balaban J connectivity index is 2.89. The van der Waals surface area contributed by atoms with Crippen LogP contribution in [0.4, 0.5) is 18.9 Å². The van der Waals surface area contributed by atoms with E-state index in [-0.39, 0.29) is 0 Å². The van der Waals surface area contributed by atoms with Gasteiger partial charge in [-0.3, -0.25) is 4.79 Å². The second-order valence-electron chi connectivity index (χ2n) is 3.68. The van der Waals surface area contributed by atoms with Gasteiger partial charge >= 0.3 is 0 Å². The number of nitriles is 1. The number of amides is 1. The normalized spacial score (nSPS) is 11.7. The molecule has 1 N–H and O–H groups in total. The molecule has 1 amide bonds. The number of nitrogens with one attached hydrogen (secondary N) is 1.